The molecule has 4 heteroatoms. The van der Waals surface area contributed by atoms with Crippen molar-refractivity contribution in [1.29, 1.82) is 0 Å². The highest BCUT2D eigenvalue weighted by Gasteiger charge is 2.03. The zero-order valence-corrected chi connectivity index (χ0v) is 6.87. The minimum Gasteiger partial charge on any atom is -0.361 e. The van der Waals surface area contributed by atoms with Crippen LogP contribution in [0.1, 0.15) is 10.4 Å². The van der Waals surface area contributed by atoms with Crippen LogP contribution in [0.4, 0.5) is 0 Å². The Morgan fingerprint density at radius 2 is 2.23 bits per heavy atom. The second-order valence-electron chi connectivity index (χ2n) is 2.75. The zero-order chi connectivity index (χ0) is 9.26. The Morgan fingerprint density at radius 3 is 3.00 bits per heavy atom. The molecule has 0 aliphatic heterocycles. The van der Waals surface area contributed by atoms with Crippen molar-refractivity contribution in [2.45, 2.75) is 0 Å². The van der Waals surface area contributed by atoms with E-state index in [0.717, 1.165) is 10.9 Å². The predicted octanol–water partition coefficient (Wildman–Crippen LogP) is 0.771. The molecule has 1 aromatic carbocycles. The minimum absolute atomic E-state index is 0.281. The molecular weight excluding hydrogens is 166 g/mol. The number of benzene rings is 1. The fourth-order valence-corrected chi connectivity index (χ4v) is 1.27. The number of nitrogens with two attached hydrogens (primary N) is 1. The maximum absolute atomic E-state index is 11.1. The summed E-state index contributed by atoms with van der Waals surface area (Å²) in [5, 5.41) is 1.08. The van der Waals surface area contributed by atoms with Gasteiger partial charge in [0.05, 0.1) is 0 Å². The van der Waals surface area contributed by atoms with Gasteiger partial charge in [0.2, 0.25) is 0 Å². The van der Waals surface area contributed by atoms with Crippen LogP contribution in [0.15, 0.2) is 30.5 Å². The predicted molar refractivity (Wildman–Crippen MR) is 50.0 cm³/mol. The van der Waals surface area contributed by atoms with Crippen LogP contribution in [0, 0.1) is 0 Å². The number of amides is 1. The van der Waals surface area contributed by atoms with Crippen LogP contribution in [0.25, 0.3) is 10.9 Å². The van der Waals surface area contributed by atoms with Crippen molar-refractivity contribution >= 4 is 16.8 Å². The van der Waals surface area contributed by atoms with Gasteiger partial charge in [0, 0.05) is 17.3 Å². The van der Waals surface area contributed by atoms with Crippen LogP contribution in [-0.2, 0) is 0 Å². The first-order valence-corrected chi connectivity index (χ1v) is 3.89. The van der Waals surface area contributed by atoms with E-state index in [9.17, 15) is 4.79 Å². The third-order valence-electron chi connectivity index (χ3n) is 1.95. The van der Waals surface area contributed by atoms with Crippen LogP contribution in [0.2, 0.25) is 0 Å². The monoisotopic (exact) mass is 175 g/mol. The Labute approximate surface area is 74.7 Å². The van der Waals surface area contributed by atoms with Gasteiger partial charge in [-0.15, -0.1) is 0 Å². The van der Waals surface area contributed by atoms with Crippen molar-refractivity contribution in [3.05, 3.63) is 36.0 Å². The van der Waals surface area contributed by atoms with E-state index in [0.29, 0.717) is 5.56 Å². The van der Waals surface area contributed by atoms with Crippen LogP contribution in [-0.4, -0.2) is 10.9 Å². The molecule has 0 saturated heterocycles. The molecule has 2 aromatic rings. The third kappa shape index (κ3) is 1.27. The number of nitrogen functional groups attached to an aromatic ring is 1. The van der Waals surface area contributed by atoms with Gasteiger partial charge in [-0.25, -0.2) is 5.84 Å². The van der Waals surface area contributed by atoms with Crippen LogP contribution >= 0.6 is 0 Å². The molecule has 4 N–H and O–H groups in total. The van der Waals surface area contributed by atoms with Crippen molar-refractivity contribution in [3.8, 4) is 0 Å². The minimum atomic E-state index is -0.281. The highest BCUT2D eigenvalue weighted by atomic mass is 16.2. The Hall–Kier alpha value is -1.81. The quantitative estimate of drug-likeness (QED) is 0.340. The van der Waals surface area contributed by atoms with Gasteiger partial charge in [0.1, 0.15) is 0 Å². The van der Waals surface area contributed by atoms with E-state index >= 15 is 0 Å². The molecule has 1 heterocycles. The van der Waals surface area contributed by atoms with Gasteiger partial charge in [0.15, 0.2) is 0 Å². The van der Waals surface area contributed by atoms with E-state index in [2.05, 4.69) is 10.4 Å². The SMILES string of the molecule is NNC(=O)c1ccc2cc[nH]c2c1. The van der Waals surface area contributed by atoms with Gasteiger partial charge >= 0.3 is 0 Å². The third-order valence-corrected chi connectivity index (χ3v) is 1.95. The Kier molecular flexibility index (Phi) is 1.75. The number of aromatic nitrogens is 1. The van der Waals surface area contributed by atoms with Crippen LogP contribution in [0.5, 0.6) is 0 Å². The van der Waals surface area contributed by atoms with E-state index in [-0.39, 0.29) is 5.91 Å². The van der Waals surface area contributed by atoms with Gasteiger partial charge < -0.3 is 4.98 Å². The number of H-pyrrole nitrogens is 1. The summed E-state index contributed by atoms with van der Waals surface area (Å²) in [7, 11) is 0. The summed E-state index contributed by atoms with van der Waals surface area (Å²) in [6, 6.07) is 7.31. The molecule has 13 heavy (non-hydrogen) atoms. The summed E-state index contributed by atoms with van der Waals surface area (Å²) in [6.07, 6.45) is 1.83. The average Bonchev–Trinajstić information content (AvgIpc) is 2.63. The lowest BCUT2D eigenvalue weighted by molar-refractivity contribution is 0.0954. The van der Waals surface area contributed by atoms with E-state index in [1.165, 1.54) is 0 Å². The molecule has 0 aliphatic rings. The summed E-state index contributed by atoms with van der Waals surface area (Å²) >= 11 is 0. The smallest absolute Gasteiger partial charge is 0.265 e. The summed E-state index contributed by atoms with van der Waals surface area (Å²) in [5.74, 6) is 4.73. The summed E-state index contributed by atoms with van der Waals surface area (Å²) < 4.78 is 0. The lowest BCUT2D eigenvalue weighted by Crippen LogP contribution is -2.29. The molecule has 1 amide bonds. The number of hydrogen-bond acceptors (Lipinski definition) is 2. The van der Waals surface area contributed by atoms with Crippen LogP contribution in [0.3, 0.4) is 0 Å². The van der Waals surface area contributed by atoms with Crippen molar-refractivity contribution in [3.63, 3.8) is 0 Å². The molecule has 4 nitrogen and oxygen atoms in total. The van der Waals surface area contributed by atoms with E-state index < -0.39 is 0 Å². The number of hydrogen-bond donors (Lipinski definition) is 3. The first-order chi connectivity index (χ1) is 6.31. The maximum Gasteiger partial charge on any atom is 0.265 e. The second kappa shape index (κ2) is 2.91. The summed E-state index contributed by atoms with van der Waals surface area (Å²) in [4.78, 5) is 14.1. The van der Waals surface area contributed by atoms with Crippen LogP contribution < -0.4 is 11.3 Å². The molecule has 0 spiro atoms. The molecule has 0 atom stereocenters. The molecule has 0 fully saturated rings. The summed E-state index contributed by atoms with van der Waals surface area (Å²) in [5.41, 5.74) is 3.57. The molecule has 0 radical (unpaired) electrons. The topological polar surface area (TPSA) is 70.9 Å². The number of rotatable bonds is 1. The van der Waals surface area contributed by atoms with Gasteiger partial charge in [-0.1, -0.05) is 6.07 Å². The van der Waals surface area contributed by atoms with Gasteiger partial charge in [-0.05, 0) is 23.6 Å². The largest absolute Gasteiger partial charge is 0.361 e. The molecule has 1 aromatic heterocycles. The van der Waals surface area contributed by atoms with E-state index in [1.54, 1.807) is 12.1 Å². The molecule has 0 aliphatic carbocycles. The van der Waals surface area contributed by atoms with Gasteiger partial charge in [-0.2, -0.15) is 0 Å². The number of nitrogens with one attached hydrogen (secondary N) is 2. The fraction of sp³-hybridized carbons (Fsp3) is 0. The fourth-order valence-electron chi connectivity index (χ4n) is 1.27. The van der Waals surface area contributed by atoms with Gasteiger partial charge in [-0.3, -0.25) is 10.2 Å². The maximum atomic E-state index is 11.1. The number of fused-ring (bicyclic) bond motifs is 1. The lowest BCUT2D eigenvalue weighted by atomic mass is 10.1. The highest BCUT2D eigenvalue weighted by molar-refractivity contribution is 5.97. The Morgan fingerprint density at radius 1 is 1.38 bits per heavy atom. The number of carbonyl (C=O) groups excluding carboxylic acids is 1. The molecule has 0 unspecified atom stereocenters. The molecule has 0 saturated carbocycles. The molecule has 0 bridgehead atoms. The number of hydrazine groups is 1. The molecular formula is C9H9N3O. The Balaban J connectivity index is 2.54. The average molecular weight is 175 g/mol. The number of carbonyl (C=O) groups is 1. The molecule has 2 rings (SSSR count). The van der Waals surface area contributed by atoms with Crippen molar-refractivity contribution < 1.29 is 4.79 Å². The normalized spacial score (nSPS) is 10.2. The molecule has 66 valence electrons. The van der Waals surface area contributed by atoms with Crippen molar-refractivity contribution in [2.75, 3.05) is 0 Å². The van der Waals surface area contributed by atoms with E-state index in [4.69, 9.17) is 5.84 Å². The lowest BCUT2D eigenvalue weighted by Gasteiger charge is -1.98. The van der Waals surface area contributed by atoms with Gasteiger partial charge in [0.25, 0.3) is 5.91 Å². The highest BCUT2D eigenvalue weighted by Crippen LogP contribution is 2.13. The first kappa shape index (κ1) is 7.82. The first-order valence-electron chi connectivity index (χ1n) is 3.89. The van der Waals surface area contributed by atoms with Crippen molar-refractivity contribution in [1.82, 2.24) is 10.4 Å². The standard InChI is InChI=1S/C9H9N3O/c10-12-9(13)7-2-1-6-3-4-11-8(6)5-7/h1-5,11H,10H2,(H,12,13). The second-order valence-corrected chi connectivity index (χ2v) is 2.75. The van der Waals surface area contributed by atoms with E-state index in [1.807, 2.05) is 18.3 Å². The number of aromatic amines is 1. The summed E-state index contributed by atoms with van der Waals surface area (Å²) in [6.45, 7) is 0. The zero-order valence-electron chi connectivity index (χ0n) is 6.87. The Bertz CT molecular complexity index is 447. The van der Waals surface area contributed by atoms with Crippen molar-refractivity contribution in [2.24, 2.45) is 5.84 Å².